The van der Waals surface area contributed by atoms with Crippen LogP contribution < -0.4 is 4.72 Å². The summed E-state index contributed by atoms with van der Waals surface area (Å²) < 4.78 is 26.3. The summed E-state index contributed by atoms with van der Waals surface area (Å²) in [6, 6.07) is 3.90. The number of sulfonamides is 1. The molecule has 0 atom stereocenters. The molecule has 0 saturated heterocycles. The minimum atomic E-state index is -3.20. The van der Waals surface area contributed by atoms with E-state index in [1.54, 1.807) is 0 Å². The zero-order chi connectivity index (χ0) is 13.1. The smallest absolute Gasteiger partial charge is 0.232 e. The van der Waals surface area contributed by atoms with Crippen LogP contribution in [0.1, 0.15) is 36.5 Å². The minimum absolute atomic E-state index is 0.190. The Morgan fingerprint density at radius 2 is 1.65 bits per heavy atom. The summed E-state index contributed by atoms with van der Waals surface area (Å²) in [4.78, 5) is 0. The fraction of sp³-hybridized carbons (Fsp3) is 0.538. The Morgan fingerprint density at radius 3 is 2.24 bits per heavy atom. The van der Waals surface area contributed by atoms with Crippen LogP contribution in [0.5, 0.6) is 0 Å². The van der Waals surface area contributed by atoms with Crippen molar-refractivity contribution in [3.8, 4) is 0 Å². The van der Waals surface area contributed by atoms with Gasteiger partial charge in [-0.05, 0) is 49.9 Å². The molecule has 0 bridgehead atoms. The quantitative estimate of drug-likeness (QED) is 0.878. The van der Waals surface area contributed by atoms with Crippen LogP contribution in [0.3, 0.4) is 0 Å². The van der Waals surface area contributed by atoms with Crippen LogP contribution in [0.15, 0.2) is 12.1 Å². The SMILES string of the molecule is CCCCS(=O)(=O)Nc1cc(C)c(C)cc1C. The molecule has 1 rings (SSSR count). The Hall–Kier alpha value is -1.03. The van der Waals surface area contributed by atoms with Crippen LogP contribution in [-0.2, 0) is 10.0 Å². The molecule has 0 amide bonds. The van der Waals surface area contributed by atoms with E-state index in [-0.39, 0.29) is 5.75 Å². The van der Waals surface area contributed by atoms with E-state index in [1.165, 1.54) is 5.56 Å². The highest BCUT2D eigenvalue weighted by atomic mass is 32.2. The normalized spacial score (nSPS) is 11.5. The highest BCUT2D eigenvalue weighted by Gasteiger charge is 2.11. The Bertz CT molecular complexity index is 492. The van der Waals surface area contributed by atoms with E-state index in [9.17, 15) is 8.42 Å². The minimum Gasteiger partial charge on any atom is -0.283 e. The maximum absolute atomic E-state index is 11.8. The molecule has 0 heterocycles. The van der Waals surface area contributed by atoms with Gasteiger partial charge in [-0.15, -0.1) is 0 Å². The number of hydrogen-bond donors (Lipinski definition) is 1. The lowest BCUT2D eigenvalue weighted by molar-refractivity contribution is 0.598. The molecule has 0 radical (unpaired) electrons. The lowest BCUT2D eigenvalue weighted by Crippen LogP contribution is -2.17. The number of benzene rings is 1. The van der Waals surface area contributed by atoms with Gasteiger partial charge in [-0.1, -0.05) is 19.4 Å². The maximum atomic E-state index is 11.8. The molecule has 1 N–H and O–H groups in total. The summed E-state index contributed by atoms with van der Waals surface area (Å²) in [6.07, 6.45) is 1.58. The van der Waals surface area contributed by atoms with Gasteiger partial charge in [0.1, 0.15) is 0 Å². The zero-order valence-corrected chi connectivity index (χ0v) is 11.8. The Morgan fingerprint density at radius 1 is 1.06 bits per heavy atom. The summed E-state index contributed by atoms with van der Waals surface area (Å²) in [6.45, 7) is 7.91. The van der Waals surface area contributed by atoms with E-state index in [0.29, 0.717) is 12.1 Å². The second kappa shape index (κ2) is 5.54. The number of nitrogens with one attached hydrogen (secondary N) is 1. The Kier molecular flexibility index (Phi) is 4.57. The number of unbranched alkanes of at least 4 members (excludes halogenated alkanes) is 1. The Labute approximate surface area is 104 Å². The topological polar surface area (TPSA) is 46.2 Å². The monoisotopic (exact) mass is 255 g/mol. The van der Waals surface area contributed by atoms with Gasteiger partial charge in [0.25, 0.3) is 0 Å². The van der Waals surface area contributed by atoms with E-state index >= 15 is 0 Å². The fourth-order valence-electron chi connectivity index (χ4n) is 1.62. The summed E-state index contributed by atoms with van der Waals surface area (Å²) in [5.74, 6) is 0.190. The lowest BCUT2D eigenvalue weighted by atomic mass is 10.1. The van der Waals surface area contributed by atoms with Gasteiger partial charge in [-0.2, -0.15) is 0 Å². The molecule has 3 nitrogen and oxygen atoms in total. The van der Waals surface area contributed by atoms with E-state index in [4.69, 9.17) is 0 Å². The van der Waals surface area contributed by atoms with E-state index in [2.05, 4.69) is 4.72 Å². The standard InChI is InChI=1S/C13H21NO2S/c1-5-6-7-17(15,16)14-13-9-11(3)10(2)8-12(13)4/h8-9,14H,5-7H2,1-4H3. The number of rotatable bonds is 5. The lowest BCUT2D eigenvalue weighted by Gasteiger charge is -2.12. The summed E-state index contributed by atoms with van der Waals surface area (Å²) in [5.41, 5.74) is 3.94. The molecular formula is C13H21NO2S. The molecule has 0 saturated carbocycles. The van der Waals surface area contributed by atoms with Crippen molar-refractivity contribution in [3.05, 3.63) is 28.8 Å². The van der Waals surface area contributed by atoms with Gasteiger partial charge in [-0.3, -0.25) is 4.72 Å². The van der Waals surface area contributed by atoms with Gasteiger partial charge in [0.05, 0.1) is 11.4 Å². The van der Waals surface area contributed by atoms with E-state index in [1.807, 2.05) is 39.8 Å². The average molecular weight is 255 g/mol. The van der Waals surface area contributed by atoms with Crippen LogP contribution >= 0.6 is 0 Å². The molecular weight excluding hydrogens is 234 g/mol. The molecule has 0 aromatic heterocycles. The van der Waals surface area contributed by atoms with Crippen molar-refractivity contribution in [3.63, 3.8) is 0 Å². The highest BCUT2D eigenvalue weighted by Crippen LogP contribution is 2.21. The summed E-state index contributed by atoms with van der Waals surface area (Å²) >= 11 is 0. The molecule has 96 valence electrons. The average Bonchev–Trinajstić information content (AvgIpc) is 2.23. The molecule has 17 heavy (non-hydrogen) atoms. The third kappa shape index (κ3) is 4.04. The van der Waals surface area contributed by atoms with Gasteiger partial charge < -0.3 is 0 Å². The van der Waals surface area contributed by atoms with Gasteiger partial charge >= 0.3 is 0 Å². The van der Waals surface area contributed by atoms with E-state index < -0.39 is 10.0 Å². The van der Waals surface area contributed by atoms with Crippen molar-refractivity contribution in [2.75, 3.05) is 10.5 Å². The maximum Gasteiger partial charge on any atom is 0.232 e. The van der Waals surface area contributed by atoms with Crippen LogP contribution in [0, 0.1) is 20.8 Å². The number of aryl methyl sites for hydroxylation is 3. The molecule has 0 aliphatic carbocycles. The van der Waals surface area contributed by atoms with Crippen LogP contribution in [0.2, 0.25) is 0 Å². The third-order valence-corrected chi connectivity index (χ3v) is 4.23. The van der Waals surface area contributed by atoms with Gasteiger partial charge in [0.15, 0.2) is 0 Å². The largest absolute Gasteiger partial charge is 0.283 e. The van der Waals surface area contributed by atoms with Crippen molar-refractivity contribution in [2.45, 2.75) is 40.5 Å². The van der Waals surface area contributed by atoms with Crippen molar-refractivity contribution in [2.24, 2.45) is 0 Å². The highest BCUT2D eigenvalue weighted by molar-refractivity contribution is 7.92. The van der Waals surface area contributed by atoms with Crippen LogP contribution in [0.4, 0.5) is 5.69 Å². The molecule has 0 aliphatic rings. The zero-order valence-electron chi connectivity index (χ0n) is 11.0. The first-order valence-corrected chi connectivity index (χ1v) is 7.59. The number of hydrogen-bond acceptors (Lipinski definition) is 2. The molecule has 4 heteroatoms. The first-order chi connectivity index (χ1) is 7.85. The van der Waals surface area contributed by atoms with Gasteiger partial charge in [0, 0.05) is 0 Å². The molecule has 0 fully saturated rings. The first-order valence-electron chi connectivity index (χ1n) is 5.94. The molecule has 1 aromatic carbocycles. The van der Waals surface area contributed by atoms with Gasteiger partial charge in [0.2, 0.25) is 10.0 Å². The van der Waals surface area contributed by atoms with Crippen LogP contribution in [-0.4, -0.2) is 14.2 Å². The fourth-order valence-corrected chi connectivity index (χ4v) is 2.95. The Balaban J connectivity index is 2.92. The van der Waals surface area contributed by atoms with E-state index in [0.717, 1.165) is 17.5 Å². The van der Waals surface area contributed by atoms with Gasteiger partial charge in [-0.25, -0.2) is 8.42 Å². The first kappa shape index (κ1) is 14.0. The van der Waals surface area contributed by atoms with Crippen LogP contribution in [0.25, 0.3) is 0 Å². The predicted molar refractivity (Wildman–Crippen MR) is 73.0 cm³/mol. The van der Waals surface area contributed by atoms with Crippen molar-refractivity contribution in [1.82, 2.24) is 0 Å². The van der Waals surface area contributed by atoms with Crippen molar-refractivity contribution in [1.29, 1.82) is 0 Å². The molecule has 0 unspecified atom stereocenters. The number of anilines is 1. The van der Waals surface area contributed by atoms with Crippen molar-refractivity contribution < 1.29 is 8.42 Å². The molecule has 0 aliphatic heterocycles. The predicted octanol–water partition coefficient (Wildman–Crippen LogP) is 3.15. The van der Waals surface area contributed by atoms with Crippen molar-refractivity contribution >= 4 is 15.7 Å². The molecule has 0 spiro atoms. The summed E-state index contributed by atoms with van der Waals surface area (Å²) in [7, 11) is -3.20. The second-order valence-electron chi connectivity index (χ2n) is 4.53. The second-order valence-corrected chi connectivity index (χ2v) is 6.37. The third-order valence-electron chi connectivity index (χ3n) is 2.87. The summed E-state index contributed by atoms with van der Waals surface area (Å²) in [5, 5.41) is 0. The molecule has 1 aromatic rings.